The van der Waals surface area contributed by atoms with E-state index in [4.69, 9.17) is 5.11 Å². The molecular weight excluding hydrogens is 324 g/mol. The molecule has 6 nitrogen and oxygen atoms in total. The third-order valence-corrected chi connectivity index (χ3v) is 3.40. The van der Waals surface area contributed by atoms with Gasteiger partial charge >= 0.3 is 6.09 Å². The van der Waals surface area contributed by atoms with E-state index >= 15 is 0 Å². The molecule has 1 aromatic carbocycles. The van der Waals surface area contributed by atoms with Crippen molar-refractivity contribution in [3.63, 3.8) is 0 Å². The standard InChI is InChI=1S/C13H9BrN4O2/c14-10-2-1-7-18-11(16-17-12(10)18)8-3-5-9(6-4-8)15-13(19)20/h1-7,15H,(H,19,20). The lowest BCUT2D eigenvalue weighted by Crippen LogP contribution is -2.06. The zero-order valence-corrected chi connectivity index (χ0v) is 11.7. The van der Waals surface area contributed by atoms with Crippen LogP contribution in [0.5, 0.6) is 0 Å². The minimum Gasteiger partial charge on any atom is -0.465 e. The van der Waals surface area contributed by atoms with Gasteiger partial charge in [0.25, 0.3) is 0 Å². The molecule has 0 unspecified atom stereocenters. The van der Waals surface area contributed by atoms with Crippen LogP contribution >= 0.6 is 15.9 Å². The van der Waals surface area contributed by atoms with Crippen LogP contribution in [0.25, 0.3) is 17.0 Å². The van der Waals surface area contributed by atoms with Crippen LogP contribution in [0.4, 0.5) is 10.5 Å². The molecule has 2 aromatic heterocycles. The van der Waals surface area contributed by atoms with Gasteiger partial charge in [-0.1, -0.05) is 0 Å². The van der Waals surface area contributed by atoms with Gasteiger partial charge in [-0.15, -0.1) is 10.2 Å². The molecule has 0 aliphatic carbocycles. The Labute approximate surface area is 122 Å². The molecule has 0 fully saturated rings. The van der Waals surface area contributed by atoms with Gasteiger partial charge in [-0.3, -0.25) is 9.72 Å². The van der Waals surface area contributed by atoms with Crippen molar-refractivity contribution in [2.24, 2.45) is 0 Å². The van der Waals surface area contributed by atoms with Gasteiger partial charge in [-0.25, -0.2) is 4.79 Å². The van der Waals surface area contributed by atoms with Crippen LogP contribution < -0.4 is 5.32 Å². The lowest BCUT2D eigenvalue weighted by Gasteiger charge is -2.03. The molecule has 100 valence electrons. The summed E-state index contributed by atoms with van der Waals surface area (Å²) in [7, 11) is 0. The minimum absolute atomic E-state index is 0.510. The number of halogens is 1. The Morgan fingerprint density at radius 2 is 1.95 bits per heavy atom. The third kappa shape index (κ3) is 2.23. The second-order valence-corrected chi connectivity index (χ2v) is 4.94. The fourth-order valence-electron chi connectivity index (χ4n) is 1.91. The molecule has 0 aliphatic heterocycles. The Bertz CT molecular complexity index is 783. The minimum atomic E-state index is -1.09. The number of amides is 1. The van der Waals surface area contributed by atoms with Crippen molar-refractivity contribution in [2.75, 3.05) is 5.32 Å². The van der Waals surface area contributed by atoms with Crippen LogP contribution in [0.15, 0.2) is 47.1 Å². The van der Waals surface area contributed by atoms with Gasteiger partial charge in [0.05, 0.1) is 4.47 Å². The maximum Gasteiger partial charge on any atom is 0.409 e. The molecule has 0 aliphatic rings. The van der Waals surface area contributed by atoms with Crippen molar-refractivity contribution < 1.29 is 9.90 Å². The summed E-state index contributed by atoms with van der Waals surface area (Å²) in [5, 5.41) is 19.2. The summed E-state index contributed by atoms with van der Waals surface area (Å²) < 4.78 is 2.73. The van der Waals surface area contributed by atoms with E-state index in [0.717, 1.165) is 15.7 Å². The summed E-state index contributed by atoms with van der Waals surface area (Å²) in [5.74, 6) is 0.697. The molecule has 2 N–H and O–H groups in total. The number of fused-ring (bicyclic) bond motifs is 1. The Balaban J connectivity index is 2.03. The molecule has 0 saturated carbocycles. The SMILES string of the molecule is O=C(O)Nc1ccc(-c2nnc3c(Br)cccn23)cc1. The average molecular weight is 333 g/mol. The predicted molar refractivity (Wildman–Crippen MR) is 77.8 cm³/mol. The molecule has 0 saturated heterocycles. The normalized spacial score (nSPS) is 10.7. The Morgan fingerprint density at radius 1 is 1.20 bits per heavy atom. The summed E-state index contributed by atoms with van der Waals surface area (Å²) in [6, 6.07) is 10.7. The Morgan fingerprint density at radius 3 is 2.65 bits per heavy atom. The van der Waals surface area contributed by atoms with E-state index in [1.54, 1.807) is 24.3 Å². The fourth-order valence-corrected chi connectivity index (χ4v) is 2.33. The first-order valence-electron chi connectivity index (χ1n) is 5.75. The van der Waals surface area contributed by atoms with E-state index in [1.165, 1.54) is 0 Å². The molecule has 0 radical (unpaired) electrons. The van der Waals surface area contributed by atoms with Crippen molar-refractivity contribution in [1.82, 2.24) is 14.6 Å². The number of pyridine rings is 1. The molecule has 3 aromatic rings. The van der Waals surface area contributed by atoms with Crippen LogP contribution in [0.3, 0.4) is 0 Å². The van der Waals surface area contributed by atoms with E-state index in [-0.39, 0.29) is 0 Å². The summed E-state index contributed by atoms with van der Waals surface area (Å²) in [6.45, 7) is 0. The maximum atomic E-state index is 10.6. The van der Waals surface area contributed by atoms with Gasteiger partial charge in [0.15, 0.2) is 11.5 Å². The van der Waals surface area contributed by atoms with Gasteiger partial charge in [-0.05, 0) is 52.3 Å². The smallest absolute Gasteiger partial charge is 0.409 e. The van der Waals surface area contributed by atoms with E-state index in [9.17, 15) is 4.79 Å². The van der Waals surface area contributed by atoms with Crippen molar-refractivity contribution >= 4 is 33.4 Å². The molecule has 0 spiro atoms. The number of anilines is 1. The maximum absolute atomic E-state index is 10.6. The van der Waals surface area contributed by atoms with Crippen LogP contribution in [0.1, 0.15) is 0 Å². The molecule has 1 amide bonds. The predicted octanol–water partition coefficient (Wildman–Crippen LogP) is 3.25. The second kappa shape index (κ2) is 4.93. The first-order valence-corrected chi connectivity index (χ1v) is 6.54. The molecule has 2 heterocycles. The number of aromatic nitrogens is 3. The van der Waals surface area contributed by atoms with Gasteiger partial charge < -0.3 is 5.11 Å². The summed E-state index contributed by atoms with van der Waals surface area (Å²) >= 11 is 3.42. The van der Waals surface area contributed by atoms with Crippen molar-refractivity contribution in [2.45, 2.75) is 0 Å². The molecule has 0 bridgehead atoms. The molecule has 0 atom stereocenters. The van der Waals surface area contributed by atoms with Gasteiger partial charge in [-0.2, -0.15) is 0 Å². The molecular formula is C13H9BrN4O2. The number of carboxylic acid groups (broad SMARTS) is 1. The van der Waals surface area contributed by atoms with Gasteiger partial charge in [0, 0.05) is 17.4 Å². The summed E-state index contributed by atoms with van der Waals surface area (Å²) in [5.41, 5.74) is 2.10. The number of carbonyl (C=O) groups is 1. The number of nitrogens with one attached hydrogen (secondary N) is 1. The van der Waals surface area contributed by atoms with E-state index in [0.29, 0.717) is 11.5 Å². The van der Waals surface area contributed by atoms with Crippen molar-refractivity contribution in [3.05, 3.63) is 47.1 Å². The van der Waals surface area contributed by atoms with Crippen LogP contribution in [0, 0.1) is 0 Å². The fraction of sp³-hybridized carbons (Fsp3) is 0. The van der Waals surface area contributed by atoms with Crippen molar-refractivity contribution in [3.8, 4) is 11.4 Å². The Hall–Kier alpha value is -2.41. The summed E-state index contributed by atoms with van der Waals surface area (Å²) in [6.07, 6.45) is 0.786. The molecule has 3 rings (SSSR count). The van der Waals surface area contributed by atoms with Crippen LogP contribution in [-0.4, -0.2) is 25.8 Å². The largest absolute Gasteiger partial charge is 0.465 e. The first-order chi connectivity index (χ1) is 9.65. The van der Waals surface area contributed by atoms with E-state index in [2.05, 4.69) is 31.4 Å². The van der Waals surface area contributed by atoms with Crippen LogP contribution in [0.2, 0.25) is 0 Å². The first kappa shape index (κ1) is 12.6. The highest BCUT2D eigenvalue weighted by atomic mass is 79.9. The van der Waals surface area contributed by atoms with Crippen molar-refractivity contribution in [1.29, 1.82) is 0 Å². The number of benzene rings is 1. The quantitative estimate of drug-likeness (QED) is 0.754. The zero-order chi connectivity index (χ0) is 14.1. The number of nitrogens with zero attached hydrogens (tertiary/aromatic N) is 3. The summed E-state index contributed by atoms with van der Waals surface area (Å²) in [4.78, 5) is 10.6. The third-order valence-electron chi connectivity index (χ3n) is 2.78. The second-order valence-electron chi connectivity index (χ2n) is 4.08. The highest BCUT2D eigenvalue weighted by Gasteiger charge is 2.09. The van der Waals surface area contributed by atoms with E-state index in [1.807, 2.05) is 22.7 Å². The van der Waals surface area contributed by atoms with E-state index < -0.39 is 6.09 Å². The zero-order valence-electron chi connectivity index (χ0n) is 10.1. The van der Waals surface area contributed by atoms with Gasteiger partial charge in [0.1, 0.15) is 0 Å². The lowest BCUT2D eigenvalue weighted by atomic mass is 10.2. The van der Waals surface area contributed by atoms with Gasteiger partial charge in [0.2, 0.25) is 0 Å². The number of hydrogen-bond donors (Lipinski definition) is 2. The van der Waals surface area contributed by atoms with Crippen LogP contribution in [-0.2, 0) is 0 Å². The monoisotopic (exact) mass is 332 g/mol. The highest BCUT2D eigenvalue weighted by Crippen LogP contribution is 2.23. The topological polar surface area (TPSA) is 79.5 Å². The lowest BCUT2D eigenvalue weighted by molar-refractivity contribution is 0.210. The number of rotatable bonds is 2. The Kier molecular flexibility index (Phi) is 3.11. The highest BCUT2D eigenvalue weighted by molar-refractivity contribution is 9.10. The average Bonchev–Trinajstić information content (AvgIpc) is 2.84. The molecule has 7 heteroatoms. The molecule has 20 heavy (non-hydrogen) atoms. The number of hydrogen-bond acceptors (Lipinski definition) is 3.